The summed E-state index contributed by atoms with van der Waals surface area (Å²) in [4.78, 5) is 11.6. The van der Waals surface area contributed by atoms with Crippen LogP contribution in [0.5, 0.6) is 0 Å². The van der Waals surface area contributed by atoms with E-state index >= 15 is 0 Å². The van der Waals surface area contributed by atoms with Gasteiger partial charge in [-0.1, -0.05) is 0 Å². The molecule has 1 amide bonds. The van der Waals surface area contributed by atoms with Crippen molar-refractivity contribution in [3.63, 3.8) is 0 Å². The Morgan fingerprint density at radius 2 is 2.06 bits per heavy atom. The number of carbonyl (C=O) groups is 1. The highest BCUT2D eigenvalue weighted by molar-refractivity contribution is 7.92. The molecule has 0 bridgehead atoms. The largest absolute Gasteiger partial charge is 0.355 e. The third-order valence-corrected chi connectivity index (χ3v) is 5.91. The predicted octanol–water partition coefficient (Wildman–Crippen LogP) is -0.193. The molecule has 17 heavy (non-hydrogen) atoms. The fourth-order valence-corrected chi connectivity index (χ4v) is 4.06. The van der Waals surface area contributed by atoms with E-state index in [0.717, 1.165) is 12.8 Å². The van der Waals surface area contributed by atoms with Gasteiger partial charge in [0.05, 0.1) is 11.0 Å². The molecule has 2 aliphatic rings. The van der Waals surface area contributed by atoms with Crippen LogP contribution in [0.3, 0.4) is 0 Å². The Balaban J connectivity index is 1.72. The lowest BCUT2D eigenvalue weighted by molar-refractivity contribution is -0.121. The molecule has 3 N–H and O–H groups in total. The average molecular weight is 260 g/mol. The van der Waals surface area contributed by atoms with Crippen LogP contribution < -0.4 is 11.1 Å². The van der Waals surface area contributed by atoms with Gasteiger partial charge >= 0.3 is 0 Å². The minimum Gasteiger partial charge on any atom is -0.355 e. The first-order valence-corrected chi connectivity index (χ1v) is 7.94. The lowest BCUT2D eigenvalue weighted by atomic mass is 10.1. The van der Waals surface area contributed by atoms with E-state index in [1.54, 1.807) is 0 Å². The van der Waals surface area contributed by atoms with Crippen LogP contribution in [0.1, 0.15) is 32.1 Å². The van der Waals surface area contributed by atoms with Gasteiger partial charge in [0.15, 0.2) is 9.84 Å². The summed E-state index contributed by atoms with van der Waals surface area (Å²) >= 11 is 0. The van der Waals surface area contributed by atoms with Crippen molar-refractivity contribution in [2.45, 2.75) is 43.4 Å². The minimum atomic E-state index is -2.96. The number of nitrogens with one attached hydrogen (secondary N) is 1. The minimum absolute atomic E-state index is 0.0600. The first-order valence-electron chi connectivity index (χ1n) is 6.23. The van der Waals surface area contributed by atoms with Gasteiger partial charge in [0.1, 0.15) is 0 Å². The molecule has 0 spiro atoms. The monoisotopic (exact) mass is 260 g/mol. The summed E-state index contributed by atoms with van der Waals surface area (Å²) in [6.45, 7) is 0.249. The van der Waals surface area contributed by atoms with Gasteiger partial charge in [0, 0.05) is 19.0 Å². The normalized spacial score (nSPS) is 28.9. The first kappa shape index (κ1) is 12.8. The molecule has 2 rings (SSSR count). The van der Waals surface area contributed by atoms with E-state index in [0.29, 0.717) is 25.2 Å². The number of hydrogen-bond acceptors (Lipinski definition) is 4. The van der Waals surface area contributed by atoms with Gasteiger partial charge in [-0.2, -0.15) is 0 Å². The van der Waals surface area contributed by atoms with E-state index in [1.165, 1.54) is 0 Å². The molecule has 1 saturated heterocycles. The van der Waals surface area contributed by atoms with Gasteiger partial charge in [0.2, 0.25) is 5.91 Å². The van der Waals surface area contributed by atoms with Gasteiger partial charge in [0.25, 0.3) is 0 Å². The highest BCUT2D eigenvalue weighted by Gasteiger charge is 2.32. The second kappa shape index (κ2) is 4.94. The van der Waals surface area contributed by atoms with Crippen LogP contribution in [-0.4, -0.2) is 37.9 Å². The molecule has 0 aromatic heterocycles. The first-order chi connectivity index (χ1) is 7.99. The van der Waals surface area contributed by atoms with Gasteiger partial charge in [-0.25, -0.2) is 8.42 Å². The summed E-state index contributed by atoms with van der Waals surface area (Å²) in [5.41, 5.74) is 5.84. The zero-order valence-corrected chi connectivity index (χ0v) is 10.7. The predicted molar refractivity (Wildman–Crippen MR) is 65.1 cm³/mol. The average Bonchev–Trinajstić information content (AvgIpc) is 3.01. The van der Waals surface area contributed by atoms with Crippen molar-refractivity contribution in [3.8, 4) is 0 Å². The van der Waals surface area contributed by atoms with Crippen LogP contribution >= 0.6 is 0 Å². The Morgan fingerprint density at radius 3 is 2.59 bits per heavy atom. The fourth-order valence-electron chi connectivity index (χ4n) is 2.29. The van der Waals surface area contributed by atoms with Crippen molar-refractivity contribution in [2.75, 3.05) is 12.3 Å². The number of nitrogens with two attached hydrogens (primary N) is 1. The van der Waals surface area contributed by atoms with E-state index in [-0.39, 0.29) is 29.5 Å². The third kappa shape index (κ3) is 3.42. The summed E-state index contributed by atoms with van der Waals surface area (Å²) in [6, 6.07) is -0.0600. The highest BCUT2D eigenvalue weighted by Crippen LogP contribution is 2.32. The van der Waals surface area contributed by atoms with Crippen LogP contribution in [0.15, 0.2) is 0 Å². The van der Waals surface area contributed by atoms with E-state index in [9.17, 15) is 13.2 Å². The molecule has 6 heteroatoms. The van der Waals surface area contributed by atoms with Crippen LogP contribution in [0.4, 0.5) is 0 Å². The van der Waals surface area contributed by atoms with Crippen molar-refractivity contribution < 1.29 is 13.2 Å². The van der Waals surface area contributed by atoms with E-state index < -0.39 is 9.84 Å². The smallest absolute Gasteiger partial charge is 0.221 e. The summed E-state index contributed by atoms with van der Waals surface area (Å²) < 4.78 is 23.1. The Bertz CT molecular complexity index is 390. The third-order valence-electron chi connectivity index (χ3n) is 3.64. The zero-order chi connectivity index (χ0) is 12.5. The van der Waals surface area contributed by atoms with Crippen LogP contribution in [0.2, 0.25) is 0 Å². The number of carbonyl (C=O) groups excluding carboxylic acids is 1. The van der Waals surface area contributed by atoms with E-state index in [1.807, 2.05) is 0 Å². The fraction of sp³-hybridized carbons (Fsp3) is 0.909. The summed E-state index contributed by atoms with van der Waals surface area (Å²) in [5.74, 6) is 0.636. The van der Waals surface area contributed by atoms with Crippen molar-refractivity contribution in [2.24, 2.45) is 11.7 Å². The number of sulfone groups is 1. The maximum Gasteiger partial charge on any atom is 0.221 e. The molecule has 0 aromatic rings. The van der Waals surface area contributed by atoms with E-state index in [4.69, 9.17) is 5.73 Å². The van der Waals surface area contributed by atoms with Crippen LogP contribution in [0, 0.1) is 5.92 Å². The number of amides is 1. The van der Waals surface area contributed by atoms with E-state index in [2.05, 4.69) is 5.32 Å². The Kier molecular flexibility index (Phi) is 3.73. The maximum atomic E-state index is 11.6. The molecule has 1 aliphatic carbocycles. The summed E-state index contributed by atoms with van der Waals surface area (Å²) in [7, 11) is -2.96. The topological polar surface area (TPSA) is 89.3 Å². The van der Waals surface area contributed by atoms with Crippen molar-refractivity contribution in [1.82, 2.24) is 5.32 Å². The van der Waals surface area contributed by atoms with Crippen LogP contribution in [0.25, 0.3) is 0 Å². The van der Waals surface area contributed by atoms with Gasteiger partial charge < -0.3 is 11.1 Å². The molecule has 2 atom stereocenters. The molecule has 2 unspecified atom stereocenters. The molecule has 98 valence electrons. The second-order valence-electron chi connectivity index (χ2n) is 5.14. The molecule has 5 nitrogen and oxygen atoms in total. The SMILES string of the molecule is NC(CC(=O)NCC1CCCS1(=O)=O)C1CC1. The standard InChI is InChI=1S/C11H20N2O3S/c12-10(8-3-4-8)6-11(14)13-7-9-2-1-5-17(9,15)16/h8-10H,1-7,12H2,(H,13,14). The molecule has 1 aliphatic heterocycles. The second-order valence-corrected chi connectivity index (χ2v) is 7.54. The Morgan fingerprint density at radius 1 is 1.35 bits per heavy atom. The molecular formula is C11H20N2O3S. The van der Waals surface area contributed by atoms with Gasteiger partial charge in [-0.15, -0.1) is 0 Å². The molecule has 0 aromatic carbocycles. The maximum absolute atomic E-state index is 11.6. The summed E-state index contributed by atoms with van der Waals surface area (Å²) in [6.07, 6.45) is 3.93. The number of hydrogen-bond donors (Lipinski definition) is 2. The molecule has 1 saturated carbocycles. The summed E-state index contributed by atoms with van der Waals surface area (Å²) in [5, 5.41) is 2.31. The molecule has 1 heterocycles. The molecule has 0 radical (unpaired) electrons. The zero-order valence-electron chi connectivity index (χ0n) is 9.89. The number of rotatable bonds is 5. The highest BCUT2D eigenvalue weighted by atomic mass is 32.2. The van der Waals surface area contributed by atoms with Gasteiger partial charge in [-0.05, 0) is 31.6 Å². The Labute approximate surface area is 102 Å². The lowest BCUT2D eigenvalue weighted by Crippen LogP contribution is -2.38. The quantitative estimate of drug-likeness (QED) is 0.717. The lowest BCUT2D eigenvalue weighted by Gasteiger charge is -2.13. The van der Waals surface area contributed by atoms with Crippen molar-refractivity contribution in [3.05, 3.63) is 0 Å². The van der Waals surface area contributed by atoms with Crippen LogP contribution in [-0.2, 0) is 14.6 Å². The Hall–Kier alpha value is -0.620. The molecular weight excluding hydrogens is 240 g/mol. The van der Waals surface area contributed by atoms with Crippen molar-refractivity contribution in [1.29, 1.82) is 0 Å². The van der Waals surface area contributed by atoms with Crippen molar-refractivity contribution >= 4 is 15.7 Å². The van der Waals surface area contributed by atoms with Gasteiger partial charge in [-0.3, -0.25) is 4.79 Å². The molecule has 2 fully saturated rings.